The van der Waals surface area contributed by atoms with Gasteiger partial charge in [-0.3, -0.25) is 0 Å². The van der Waals surface area contributed by atoms with Crippen molar-refractivity contribution < 1.29 is 0 Å². The Bertz CT molecular complexity index is 133. The van der Waals surface area contributed by atoms with Crippen LogP contribution in [0.3, 0.4) is 0 Å². The number of allylic oxidation sites excluding steroid dienone is 2. The summed E-state index contributed by atoms with van der Waals surface area (Å²) in [7, 11) is 0. The molecule has 0 aliphatic carbocycles. The zero-order chi connectivity index (χ0) is 9.07. The van der Waals surface area contributed by atoms with Gasteiger partial charge in [0.25, 0.3) is 0 Å². The lowest BCUT2D eigenvalue weighted by Gasteiger charge is -2.17. The molecule has 0 aliphatic heterocycles. The fraction of sp³-hybridized carbons (Fsp3) is 0.818. The second kappa shape index (κ2) is 3.94. The van der Waals surface area contributed by atoms with E-state index in [1.165, 1.54) is 6.42 Å². The maximum Gasteiger partial charge on any atom is -0.0200 e. The third-order valence-corrected chi connectivity index (χ3v) is 1.77. The summed E-state index contributed by atoms with van der Waals surface area (Å²) in [4.78, 5) is 0. The Kier molecular flexibility index (Phi) is 3.85. The summed E-state index contributed by atoms with van der Waals surface area (Å²) in [6.45, 7) is 13.5. The lowest BCUT2D eigenvalue weighted by Crippen LogP contribution is -2.04. The van der Waals surface area contributed by atoms with Gasteiger partial charge in [-0.2, -0.15) is 0 Å². The molecule has 0 radical (unpaired) electrons. The highest BCUT2D eigenvalue weighted by atomic mass is 14.1. The summed E-state index contributed by atoms with van der Waals surface area (Å²) in [6, 6.07) is 0. The largest absolute Gasteiger partial charge is 0.0797 e. The smallest absolute Gasteiger partial charge is 0.0200 e. The molecule has 0 fully saturated rings. The van der Waals surface area contributed by atoms with Crippen LogP contribution in [0.1, 0.15) is 48.0 Å². The van der Waals surface area contributed by atoms with E-state index in [0.29, 0.717) is 11.3 Å². The molecule has 0 saturated carbocycles. The van der Waals surface area contributed by atoms with Crippen LogP contribution < -0.4 is 0 Å². The van der Waals surface area contributed by atoms with Crippen molar-refractivity contribution in [3.8, 4) is 0 Å². The average Bonchev–Trinajstić information content (AvgIpc) is 1.80. The van der Waals surface area contributed by atoms with Crippen molar-refractivity contribution >= 4 is 0 Å². The number of rotatable bonds is 2. The molecule has 66 valence electrons. The third kappa shape index (κ3) is 5.06. The minimum absolute atomic E-state index is 0.343. The van der Waals surface area contributed by atoms with Crippen molar-refractivity contribution in [3.05, 3.63) is 11.6 Å². The normalized spacial score (nSPS) is 14.3. The van der Waals surface area contributed by atoms with Gasteiger partial charge in [0.2, 0.25) is 0 Å². The van der Waals surface area contributed by atoms with E-state index >= 15 is 0 Å². The minimum atomic E-state index is 0.343. The van der Waals surface area contributed by atoms with E-state index in [0.717, 1.165) is 0 Å². The molecule has 0 aromatic carbocycles. The van der Waals surface area contributed by atoms with Gasteiger partial charge in [0.15, 0.2) is 0 Å². The van der Waals surface area contributed by atoms with Crippen molar-refractivity contribution in [2.45, 2.75) is 48.0 Å². The van der Waals surface area contributed by atoms with Gasteiger partial charge in [-0.1, -0.05) is 53.2 Å². The Morgan fingerprint density at radius 3 is 1.82 bits per heavy atom. The monoisotopic (exact) mass is 154 g/mol. The quantitative estimate of drug-likeness (QED) is 0.527. The molecule has 0 bridgehead atoms. The fourth-order valence-corrected chi connectivity index (χ4v) is 1.23. The van der Waals surface area contributed by atoms with Crippen molar-refractivity contribution in [2.75, 3.05) is 0 Å². The van der Waals surface area contributed by atoms with Crippen molar-refractivity contribution in [1.29, 1.82) is 0 Å². The molecular weight excluding hydrogens is 132 g/mol. The predicted octanol–water partition coefficient (Wildman–Crippen LogP) is 4.02. The summed E-state index contributed by atoms with van der Waals surface area (Å²) in [5.41, 5.74) is 1.92. The van der Waals surface area contributed by atoms with Crippen molar-refractivity contribution in [2.24, 2.45) is 11.3 Å². The second-order valence-electron chi connectivity index (χ2n) is 4.59. The number of hydrogen-bond acceptors (Lipinski definition) is 0. The third-order valence-electron chi connectivity index (χ3n) is 1.77. The topological polar surface area (TPSA) is 0 Å². The van der Waals surface area contributed by atoms with Gasteiger partial charge >= 0.3 is 0 Å². The second-order valence-corrected chi connectivity index (χ2v) is 4.59. The first-order chi connectivity index (χ1) is 4.87. The first kappa shape index (κ1) is 10.7. The van der Waals surface area contributed by atoms with E-state index in [1.807, 2.05) is 0 Å². The van der Waals surface area contributed by atoms with E-state index in [-0.39, 0.29) is 0 Å². The Morgan fingerprint density at radius 1 is 1.27 bits per heavy atom. The van der Waals surface area contributed by atoms with E-state index in [2.05, 4.69) is 47.6 Å². The highest BCUT2D eigenvalue weighted by Crippen LogP contribution is 2.23. The molecular formula is C11H22. The Balaban J connectivity index is 4.36. The standard InChI is InChI=1S/C11H22/c1-7-10(9(2)3)8-11(4,5)6/h8-9H,7H2,1-6H3/b10-8-. The Morgan fingerprint density at radius 2 is 1.73 bits per heavy atom. The van der Waals surface area contributed by atoms with Crippen LogP contribution in [0.15, 0.2) is 11.6 Å². The van der Waals surface area contributed by atoms with Crippen LogP contribution in [-0.2, 0) is 0 Å². The molecule has 0 nitrogen and oxygen atoms in total. The predicted molar refractivity (Wildman–Crippen MR) is 52.7 cm³/mol. The van der Waals surface area contributed by atoms with E-state index in [9.17, 15) is 0 Å². The molecule has 11 heavy (non-hydrogen) atoms. The van der Waals surface area contributed by atoms with Crippen LogP contribution in [-0.4, -0.2) is 0 Å². The molecule has 0 aromatic rings. The van der Waals surface area contributed by atoms with Gasteiger partial charge in [-0.15, -0.1) is 0 Å². The zero-order valence-electron chi connectivity index (χ0n) is 8.86. The SMILES string of the molecule is CC/C(=C/C(C)(C)C)C(C)C. The molecule has 0 rings (SSSR count). The van der Waals surface area contributed by atoms with E-state index in [1.54, 1.807) is 5.57 Å². The highest BCUT2D eigenvalue weighted by Gasteiger charge is 2.09. The van der Waals surface area contributed by atoms with Gasteiger partial charge in [0.1, 0.15) is 0 Å². The molecule has 0 unspecified atom stereocenters. The van der Waals surface area contributed by atoms with Crippen LogP contribution in [0.5, 0.6) is 0 Å². The van der Waals surface area contributed by atoms with Gasteiger partial charge in [-0.05, 0) is 17.8 Å². The molecule has 0 saturated heterocycles. The van der Waals surface area contributed by atoms with Crippen LogP contribution in [0.25, 0.3) is 0 Å². The zero-order valence-corrected chi connectivity index (χ0v) is 8.86. The molecule has 0 N–H and O–H groups in total. The molecule has 0 spiro atoms. The maximum atomic E-state index is 2.40. The van der Waals surface area contributed by atoms with Crippen LogP contribution >= 0.6 is 0 Å². The van der Waals surface area contributed by atoms with Gasteiger partial charge in [0, 0.05) is 0 Å². The maximum absolute atomic E-state index is 2.40. The summed E-state index contributed by atoms with van der Waals surface area (Å²) in [6.07, 6.45) is 3.59. The van der Waals surface area contributed by atoms with Crippen molar-refractivity contribution in [3.63, 3.8) is 0 Å². The molecule has 0 heteroatoms. The van der Waals surface area contributed by atoms with Gasteiger partial charge < -0.3 is 0 Å². The van der Waals surface area contributed by atoms with E-state index < -0.39 is 0 Å². The average molecular weight is 154 g/mol. The Hall–Kier alpha value is -0.260. The van der Waals surface area contributed by atoms with Crippen molar-refractivity contribution in [1.82, 2.24) is 0 Å². The minimum Gasteiger partial charge on any atom is -0.0797 e. The number of hydrogen-bond donors (Lipinski definition) is 0. The molecule has 0 heterocycles. The summed E-state index contributed by atoms with van der Waals surface area (Å²) < 4.78 is 0. The van der Waals surface area contributed by atoms with Crippen LogP contribution in [0, 0.1) is 11.3 Å². The summed E-state index contributed by atoms with van der Waals surface area (Å²) >= 11 is 0. The summed E-state index contributed by atoms with van der Waals surface area (Å²) in [5.74, 6) is 0.708. The summed E-state index contributed by atoms with van der Waals surface area (Å²) in [5, 5.41) is 0. The molecule has 0 aromatic heterocycles. The lowest BCUT2D eigenvalue weighted by molar-refractivity contribution is 0.527. The highest BCUT2D eigenvalue weighted by molar-refractivity contribution is 5.08. The Labute approximate surface area is 71.7 Å². The van der Waals surface area contributed by atoms with Gasteiger partial charge in [0.05, 0.1) is 0 Å². The van der Waals surface area contributed by atoms with Crippen LogP contribution in [0.4, 0.5) is 0 Å². The lowest BCUT2D eigenvalue weighted by atomic mass is 9.88. The van der Waals surface area contributed by atoms with Crippen LogP contribution in [0.2, 0.25) is 0 Å². The van der Waals surface area contributed by atoms with E-state index in [4.69, 9.17) is 0 Å². The first-order valence-corrected chi connectivity index (χ1v) is 4.58. The fourth-order valence-electron chi connectivity index (χ4n) is 1.23. The first-order valence-electron chi connectivity index (χ1n) is 4.58. The molecule has 0 atom stereocenters. The van der Waals surface area contributed by atoms with Gasteiger partial charge in [-0.25, -0.2) is 0 Å². The molecule has 0 amide bonds. The molecule has 0 aliphatic rings.